The number of ketones is 1. The minimum Gasteiger partial charge on any atom is -0.506 e. The van der Waals surface area contributed by atoms with Crippen LogP contribution in [0.15, 0.2) is 42.5 Å². The predicted molar refractivity (Wildman–Crippen MR) is 277 cm³/mol. The van der Waals surface area contributed by atoms with Gasteiger partial charge in [0.2, 0.25) is 23.5 Å². The van der Waals surface area contributed by atoms with Crippen molar-refractivity contribution in [3.8, 4) is 17.2 Å². The molecule has 0 spiro atoms. The number of anilines is 1. The van der Waals surface area contributed by atoms with Crippen molar-refractivity contribution < 1.29 is 91.1 Å². The number of alkyl carbamates (subject to hydrolysis) is 1. The van der Waals surface area contributed by atoms with Crippen LogP contribution in [-0.2, 0) is 74.9 Å². The van der Waals surface area contributed by atoms with E-state index in [1.165, 1.54) is 40.2 Å². The Labute approximate surface area is 461 Å². The molecule has 422 valence electrons. The van der Waals surface area contributed by atoms with E-state index in [2.05, 4.69) is 37.2 Å². The Hall–Kier alpha value is -6.00. The molecule has 2 bridgehead atoms. The van der Waals surface area contributed by atoms with Gasteiger partial charge in [0, 0.05) is 59.6 Å². The molecule has 78 heavy (non-hydrogen) atoms. The summed E-state index contributed by atoms with van der Waals surface area (Å²) in [7, 11) is 2.77. The predicted octanol–water partition coefficient (Wildman–Crippen LogP) is 3.01. The molecule has 6 N–H and O–H groups in total. The van der Waals surface area contributed by atoms with Crippen LogP contribution in [-0.4, -0.2) is 177 Å². The Morgan fingerprint density at radius 2 is 1.51 bits per heavy atom. The summed E-state index contributed by atoms with van der Waals surface area (Å²) in [4.78, 5) is 88.8. The summed E-state index contributed by atoms with van der Waals surface area (Å²) >= 11 is 10.3. The van der Waals surface area contributed by atoms with Gasteiger partial charge in [0.1, 0.15) is 42.0 Å². The fraction of sp³-hybridized carbons (Fsp3) is 0.519. The summed E-state index contributed by atoms with van der Waals surface area (Å²) in [5.41, 5.74) is -0.285. The number of aromatic hydroxyl groups is 1. The van der Waals surface area contributed by atoms with Gasteiger partial charge >= 0.3 is 6.09 Å². The first-order valence-electron chi connectivity index (χ1n) is 25.2. The van der Waals surface area contributed by atoms with E-state index in [9.17, 15) is 43.8 Å². The average Bonchev–Trinajstić information content (AvgIpc) is 3.97. The van der Waals surface area contributed by atoms with Gasteiger partial charge in [-0.3, -0.25) is 33.7 Å². The Morgan fingerprint density at radius 1 is 0.872 bits per heavy atom. The van der Waals surface area contributed by atoms with E-state index in [4.69, 9.17) is 59.0 Å². The number of phenolic OH excluding ortho intramolecular Hbond substituents is 1. The van der Waals surface area contributed by atoms with Gasteiger partial charge < -0.3 is 78.8 Å². The van der Waals surface area contributed by atoms with Crippen molar-refractivity contribution in [3.05, 3.63) is 69.8 Å². The van der Waals surface area contributed by atoms with E-state index in [0.29, 0.717) is 67.2 Å². The molecule has 8 rings (SSSR count). The third kappa shape index (κ3) is 11.5. The van der Waals surface area contributed by atoms with Crippen molar-refractivity contribution in [1.29, 1.82) is 0 Å². The molecule has 0 saturated carbocycles. The SMILES string of the molecule is COc1c2c(c(O)c3c4c(c(Cl)cc13)C1OC3(CNC(=O)OCc5ccc(NC(=O)[C@H](C)NC(=O)[C@H](C)NC(=O)CCOCCOCCOCCOCCN6C(=O)C=CC6=O)cc5)OC1[C@@](OC)(O4)[C@@]3(O)CBr)C(=O)CCC2. The lowest BCUT2D eigenvalue weighted by atomic mass is 9.77. The number of benzene rings is 3. The second-order valence-electron chi connectivity index (χ2n) is 18.8. The summed E-state index contributed by atoms with van der Waals surface area (Å²) in [5, 5.41) is 35.2. The second kappa shape index (κ2) is 25.0. The molecule has 24 nitrogen and oxygen atoms in total. The number of hydrogen-bond acceptors (Lipinski definition) is 19. The number of aliphatic hydroxyl groups is 1. The quantitative estimate of drug-likeness (QED) is 0.0363. The fourth-order valence-corrected chi connectivity index (χ4v) is 11.0. The van der Waals surface area contributed by atoms with E-state index in [1.54, 1.807) is 30.3 Å². The molecule has 3 aromatic carbocycles. The molecule has 3 unspecified atom stereocenters. The third-order valence-corrected chi connectivity index (χ3v) is 15.1. The Bertz CT molecular complexity index is 2820. The van der Waals surface area contributed by atoms with Gasteiger partial charge in [-0.15, -0.1) is 0 Å². The zero-order chi connectivity index (χ0) is 55.9. The molecule has 1 aliphatic carbocycles. The standard InChI is InChI=1S/C52H61BrClN5O19/c1-28(56-36(61)14-16-71-18-20-73-22-23-74-21-19-72-17-15-59-37(62)12-13-38(59)63)47(65)57-29(2)48(66)58-31-10-8-30(9-11-31)25-75-49(67)55-27-51-50(68,26-53)52(70-4)46(78-51)45(76-51)41-34(54)24-33-40(44(41)77-52)42(64)39-32(43(33)69-3)6-5-7-35(39)60/h8-13,24,28-29,45-46,64,68H,5-7,14-23,25-27H2,1-4H3,(H,55,67)(H,56,61)(H,57,65)(H,58,66)/t28-,29-,45?,46?,50+,51?,52+/m0/s1. The van der Waals surface area contributed by atoms with Crippen molar-refractivity contribution in [2.75, 3.05) is 90.8 Å². The van der Waals surface area contributed by atoms with E-state index in [-0.39, 0.29) is 108 Å². The van der Waals surface area contributed by atoms with E-state index < -0.39 is 71.8 Å². The van der Waals surface area contributed by atoms with Crippen molar-refractivity contribution >= 4 is 85.4 Å². The van der Waals surface area contributed by atoms with Crippen LogP contribution in [0.4, 0.5) is 10.5 Å². The molecule has 4 aliphatic heterocycles. The Morgan fingerprint density at radius 3 is 2.15 bits per heavy atom. The number of amides is 6. The molecule has 6 amide bonds. The normalized spacial score (nSPS) is 23.4. The van der Waals surface area contributed by atoms with Gasteiger partial charge in [-0.2, -0.15) is 0 Å². The minimum atomic E-state index is -2.16. The molecule has 2 saturated heterocycles. The molecule has 4 heterocycles. The molecule has 3 aromatic rings. The first-order chi connectivity index (χ1) is 37.4. The van der Waals surface area contributed by atoms with Gasteiger partial charge in [0.15, 0.2) is 17.5 Å². The molecule has 0 aromatic heterocycles. The zero-order valence-corrected chi connectivity index (χ0v) is 45.5. The number of rotatable bonds is 27. The number of methoxy groups -OCH3 is 2. The summed E-state index contributed by atoms with van der Waals surface area (Å²) in [6.07, 6.45) is 0.640. The minimum absolute atomic E-state index is 0.00808. The monoisotopic (exact) mass is 1170 g/mol. The van der Waals surface area contributed by atoms with Crippen LogP contribution in [0.1, 0.15) is 66.3 Å². The number of halogens is 2. The summed E-state index contributed by atoms with van der Waals surface area (Å²) in [5.74, 6) is -6.46. The Balaban J connectivity index is 0.733. The van der Waals surface area contributed by atoms with Crippen molar-refractivity contribution in [2.45, 2.75) is 87.6 Å². The number of carbonyl (C=O) groups is 7. The number of nitrogens with zero attached hydrogens (tertiary/aromatic N) is 1. The first-order valence-corrected chi connectivity index (χ1v) is 26.7. The number of phenols is 1. The van der Waals surface area contributed by atoms with Crippen LogP contribution in [0.3, 0.4) is 0 Å². The van der Waals surface area contributed by atoms with Crippen molar-refractivity contribution in [1.82, 2.24) is 20.9 Å². The first kappa shape index (κ1) is 58.2. The van der Waals surface area contributed by atoms with Gasteiger partial charge in [-0.1, -0.05) is 39.7 Å². The lowest BCUT2D eigenvalue weighted by Crippen LogP contribution is -2.75. The number of Topliss-reactive ketones (excluding diaryl/α,β-unsaturated/α-hetero) is 1. The fourth-order valence-electron chi connectivity index (χ4n) is 9.92. The number of alkyl halides is 1. The molecule has 26 heteroatoms. The number of carbonyl (C=O) groups excluding carboxylic acids is 7. The van der Waals surface area contributed by atoms with Gasteiger partial charge in [-0.05, 0) is 50.5 Å². The van der Waals surface area contributed by atoms with E-state index in [1.807, 2.05) is 0 Å². The maximum Gasteiger partial charge on any atom is 0.407 e. The molecular formula is C52H61BrClN5O19. The van der Waals surface area contributed by atoms with Gasteiger partial charge in [-0.25, -0.2) is 4.79 Å². The van der Waals surface area contributed by atoms with E-state index >= 15 is 0 Å². The highest BCUT2D eigenvalue weighted by Crippen LogP contribution is 2.67. The van der Waals surface area contributed by atoms with Crippen LogP contribution in [0.25, 0.3) is 10.8 Å². The lowest BCUT2D eigenvalue weighted by molar-refractivity contribution is -0.343. The lowest BCUT2D eigenvalue weighted by Gasteiger charge is -2.53. The summed E-state index contributed by atoms with van der Waals surface area (Å²) < 4.78 is 58.5. The van der Waals surface area contributed by atoms with Crippen LogP contribution >= 0.6 is 27.5 Å². The summed E-state index contributed by atoms with van der Waals surface area (Å²) in [6, 6.07) is 6.04. The number of nitrogens with one attached hydrogen (secondary N) is 4. The van der Waals surface area contributed by atoms with Gasteiger partial charge in [0.25, 0.3) is 17.6 Å². The van der Waals surface area contributed by atoms with Gasteiger partial charge in [0.05, 0.1) is 89.0 Å². The average molecular weight is 1180 g/mol. The maximum absolute atomic E-state index is 13.2. The Kier molecular flexibility index (Phi) is 18.6. The van der Waals surface area contributed by atoms with Crippen LogP contribution in [0.5, 0.6) is 17.2 Å². The molecule has 0 radical (unpaired) electrons. The highest BCUT2D eigenvalue weighted by atomic mass is 79.9. The molecular weight excluding hydrogens is 1110 g/mol. The van der Waals surface area contributed by atoms with Crippen molar-refractivity contribution in [3.63, 3.8) is 0 Å². The smallest absolute Gasteiger partial charge is 0.407 e. The number of ether oxygens (including phenoxy) is 10. The maximum atomic E-state index is 13.2. The van der Waals surface area contributed by atoms with Crippen LogP contribution in [0.2, 0.25) is 5.02 Å². The van der Waals surface area contributed by atoms with Crippen LogP contribution in [0, 0.1) is 0 Å². The molecule has 7 atom stereocenters. The largest absolute Gasteiger partial charge is 0.506 e. The number of hydrogen-bond donors (Lipinski definition) is 6. The highest BCUT2D eigenvalue weighted by molar-refractivity contribution is 9.09. The van der Waals surface area contributed by atoms with Crippen LogP contribution < -0.4 is 30.7 Å². The summed E-state index contributed by atoms with van der Waals surface area (Å²) in [6.45, 7) is 4.52. The number of fused-ring (bicyclic) bond motifs is 6. The molecule has 2 fully saturated rings. The van der Waals surface area contributed by atoms with E-state index in [0.717, 1.165) is 4.90 Å². The highest BCUT2D eigenvalue weighted by Gasteiger charge is 2.85. The molecule has 5 aliphatic rings. The van der Waals surface area contributed by atoms with Crippen molar-refractivity contribution in [2.24, 2.45) is 0 Å². The zero-order valence-electron chi connectivity index (χ0n) is 43.2. The number of imide groups is 1. The second-order valence-corrected chi connectivity index (χ2v) is 19.8. The topological polar surface area (TPSA) is 304 Å². The third-order valence-electron chi connectivity index (χ3n) is 13.9.